The first-order valence-corrected chi connectivity index (χ1v) is 3.69. The Kier molecular flexibility index (Phi) is 18.5. The van der Waals surface area contributed by atoms with Gasteiger partial charge in [0.05, 0.1) is 0 Å². The third-order valence-corrected chi connectivity index (χ3v) is 0.873. The molecule has 0 saturated carbocycles. The van der Waals surface area contributed by atoms with E-state index in [-0.39, 0.29) is 19.2 Å². The molecule has 0 spiro atoms. The molecule has 13 heavy (non-hydrogen) atoms. The second-order valence-corrected chi connectivity index (χ2v) is 1.97. The van der Waals surface area contributed by atoms with Gasteiger partial charge < -0.3 is 16.4 Å². The number of hydrogen-bond donors (Lipinski definition) is 3. The van der Waals surface area contributed by atoms with E-state index in [9.17, 15) is 9.59 Å². The average molecular weight is 191 g/mol. The van der Waals surface area contributed by atoms with Gasteiger partial charge in [-0.1, -0.05) is 7.43 Å². The molecule has 0 atom stereocenters. The molecule has 0 aliphatic carbocycles. The van der Waals surface area contributed by atoms with Gasteiger partial charge in [0, 0.05) is 26.9 Å². The van der Waals surface area contributed by atoms with Crippen molar-refractivity contribution < 1.29 is 9.59 Å². The molecule has 2 amide bonds. The van der Waals surface area contributed by atoms with Crippen LogP contribution in [0.3, 0.4) is 0 Å². The van der Waals surface area contributed by atoms with Crippen LogP contribution in [0.1, 0.15) is 21.3 Å². The molecular formula is C8H21N3O2. The lowest BCUT2D eigenvalue weighted by Gasteiger charge is -2.01. The molecule has 0 bridgehead atoms. The molecule has 0 radical (unpaired) electrons. The van der Waals surface area contributed by atoms with Crippen molar-refractivity contribution in [3.63, 3.8) is 0 Å². The van der Waals surface area contributed by atoms with Gasteiger partial charge in [-0.3, -0.25) is 9.59 Å². The molecule has 0 aromatic carbocycles. The summed E-state index contributed by atoms with van der Waals surface area (Å²) in [5, 5.41) is 5.09. The Morgan fingerprint density at radius 3 is 1.38 bits per heavy atom. The van der Waals surface area contributed by atoms with Crippen molar-refractivity contribution in [3.8, 4) is 0 Å². The van der Waals surface area contributed by atoms with Gasteiger partial charge >= 0.3 is 0 Å². The van der Waals surface area contributed by atoms with Crippen LogP contribution in [-0.2, 0) is 9.59 Å². The molecule has 0 aliphatic heterocycles. The van der Waals surface area contributed by atoms with Gasteiger partial charge in [0.25, 0.3) is 0 Å². The predicted molar refractivity (Wildman–Crippen MR) is 54.2 cm³/mol. The van der Waals surface area contributed by atoms with Crippen LogP contribution in [0.4, 0.5) is 0 Å². The fourth-order valence-corrected chi connectivity index (χ4v) is 0.477. The lowest BCUT2D eigenvalue weighted by Crippen LogP contribution is -2.32. The van der Waals surface area contributed by atoms with E-state index in [1.807, 2.05) is 0 Å². The van der Waals surface area contributed by atoms with Crippen LogP contribution in [0.25, 0.3) is 0 Å². The molecule has 80 valence electrons. The van der Waals surface area contributed by atoms with Crippen LogP contribution in [-0.4, -0.2) is 32.0 Å². The third-order valence-electron chi connectivity index (χ3n) is 0.873. The number of hydrogen-bond acceptors (Lipinski definition) is 3. The van der Waals surface area contributed by atoms with Gasteiger partial charge in [-0.25, -0.2) is 0 Å². The van der Waals surface area contributed by atoms with Crippen LogP contribution >= 0.6 is 0 Å². The Hall–Kier alpha value is -1.10. The minimum Gasteiger partial charge on any atom is -0.355 e. The molecule has 4 N–H and O–H groups in total. The van der Waals surface area contributed by atoms with Crippen LogP contribution in [0.5, 0.6) is 0 Å². The summed E-state index contributed by atoms with van der Waals surface area (Å²) >= 11 is 0. The number of carbonyl (C=O) groups excluding carboxylic acids is 2. The smallest absolute Gasteiger partial charge is 0.216 e. The van der Waals surface area contributed by atoms with E-state index in [4.69, 9.17) is 0 Å². The van der Waals surface area contributed by atoms with Crippen molar-refractivity contribution in [1.29, 1.82) is 0 Å². The highest BCUT2D eigenvalue weighted by atomic mass is 16.2. The number of nitrogens with two attached hydrogens (primary N) is 1. The fourth-order valence-electron chi connectivity index (χ4n) is 0.477. The summed E-state index contributed by atoms with van der Waals surface area (Å²) in [4.78, 5) is 20.5. The van der Waals surface area contributed by atoms with Crippen molar-refractivity contribution in [1.82, 2.24) is 10.6 Å². The van der Waals surface area contributed by atoms with Gasteiger partial charge in [-0.15, -0.1) is 0 Å². The molecular weight excluding hydrogens is 170 g/mol. The number of nitrogens with one attached hydrogen (secondary N) is 2. The van der Waals surface area contributed by atoms with Crippen LogP contribution < -0.4 is 16.4 Å². The highest BCUT2D eigenvalue weighted by Gasteiger charge is 1.90. The summed E-state index contributed by atoms with van der Waals surface area (Å²) in [6, 6.07) is 0. The van der Waals surface area contributed by atoms with Crippen molar-refractivity contribution in [3.05, 3.63) is 0 Å². The topological polar surface area (TPSA) is 84.2 Å². The standard InChI is InChI=1S/C6H12N2O2.CH5N.CH4/c1-5(9)7-3-4-8-6(2)10;1-2;/h3-4H2,1-2H3,(H,7,9)(H,8,10);2H2,1H3;1H4. The van der Waals surface area contributed by atoms with Gasteiger partial charge in [0.15, 0.2) is 0 Å². The molecule has 0 aromatic heterocycles. The summed E-state index contributed by atoms with van der Waals surface area (Å²) in [6.07, 6.45) is 0. The minimum absolute atomic E-state index is 0. The highest BCUT2D eigenvalue weighted by Crippen LogP contribution is 1.61. The quantitative estimate of drug-likeness (QED) is 0.524. The van der Waals surface area contributed by atoms with Gasteiger partial charge in [0.2, 0.25) is 11.8 Å². The normalized spacial score (nSPS) is 7.08. The number of carbonyl (C=O) groups is 2. The number of rotatable bonds is 3. The highest BCUT2D eigenvalue weighted by molar-refractivity contribution is 5.74. The van der Waals surface area contributed by atoms with E-state index in [2.05, 4.69) is 16.4 Å². The van der Waals surface area contributed by atoms with Crippen molar-refractivity contribution in [2.45, 2.75) is 21.3 Å². The van der Waals surface area contributed by atoms with Crippen LogP contribution in [0.15, 0.2) is 0 Å². The Balaban J connectivity index is -0.000000309. The van der Waals surface area contributed by atoms with Crippen LogP contribution in [0.2, 0.25) is 0 Å². The lowest BCUT2D eigenvalue weighted by atomic mass is 10.5. The minimum atomic E-state index is -0.0784. The number of amides is 2. The first-order chi connectivity index (χ1) is 5.63. The zero-order chi connectivity index (χ0) is 9.98. The van der Waals surface area contributed by atoms with Gasteiger partial charge in [-0.05, 0) is 7.05 Å². The van der Waals surface area contributed by atoms with E-state index in [0.29, 0.717) is 13.1 Å². The van der Waals surface area contributed by atoms with Gasteiger partial charge in [-0.2, -0.15) is 0 Å². The van der Waals surface area contributed by atoms with E-state index >= 15 is 0 Å². The monoisotopic (exact) mass is 191 g/mol. The van der Waals surface area contributed by atoms with E-state index < -0.39 is 0 Å². The van der Waals surface area contributed by atoms with Crippen molar-refractivity contribution in [2.24, 2.45) is 5.73 Å². The largest absolute Gasteiger partial charge is 0.355 e. The maximum absolute atomic E-state index is 10.3. The molecule has 0 unspecified atom stereocenters. The summed E-state index contributed by atoms with van der Waals surface area (Å²) in [5.74, 6) is -0.157. The molecule has 0 rings (SSSR count). The maximum Gasteiger partial charge on any atom is 0.216 e. The second-order valence-electron chi connectivity index (χ2n) is 1.97. The zero-order valence-corrected chi connectivity index (χ0v) is 7.81. The van der Waals surface area contributed by atoms with E-state index in [0.717, 1.165) is 0 Å². The molecule has 0 fully saturated rings. The van der Waals surface area contributed by atoms with Gasteiger partial charge in [0.1, 0.15) is 0 Å². The Bertz CT molecular complexity index is 121. The fraction of sp³-hybridized carbons (Fsp3) is 0.750. The van der Waals surface area contributed by atoms with E-state index in [1.165, 1.54) is 20.9 Å². The van der Waals surface area contributed by atoms with Crippen molar-refractivity contribution in [2.75, 3.05) is 20.1 Å². The zero-order valence-electron chi connectivity index (χ0n) is 7.81. The summed E-state index contributed by atoms with van der Waals surface area (Å²) in [6.45, 7) is 3.87. The summed E-state index contributed by atoms with van der Waals surface area (Å²) < 4.78 is 0. The molecule has 0 heterocycles. The lowest BCUT2D eigenvalue weighted by molar-refractivity contribution is -0.120. The molecule has 0 saturated heterocycles. The SMILES string of the molecule is C.CC(=O)NCCNC(C)=O.CN. The first kappa shape index (κ1) is 17.8. The Morgan fingerprint density at radius 2 is 1.23 bits per heavy atom. The summed E-state index contributed by atoms with van der Waals surface area (Å²) in [7, 11) is 1.50. The second kappa shape index (κ2) is 13.5. The summed E-state index contributed by atoms with van der Waals surface area (Å²) in [5.41, 5.74) is 4.50. The first-order valence-electron chi connectivity index (χ1n) is 3.69. The maximum atomic E-state index is 10.3. The third kappa shape index (κ3) is 24.8. The Morgan fingerprint density at radius 1 is 1.00 bits per heavy atom. The molecule has 5 nitrogen and oxygen atoms in total. The molecule has 0 aromatic rings. The predicted octanol–water partition coefficient (Wildman–Crippen LogP) is -0.530. The molecule has 5 heteroatoms. The Labute approximate surface area is 80.1 Å². The molecule has 0 aliphatic rings. The van der Waals surface area contributed by atoms with Crippen molar-refractivity contribution >= 4 is 11.8 Å². The van der Waals surface area contributed by atoms with Crippen LogP contribution in [0, 0.1) is 0 Å². The average Bonchev–Trinajstić information content (AvgIpc) is 2.02. The van der Waals surface area contributed by atoms with E-state index in [1.54, 1.807) is 0 Å².